The zero-order valence-electron chi connectivity index (χ0n) is 21.0. The Bertz CT molecular complexity index is 997. The van der Waals surface area contributed by atoms with Crippen molar-refractivity contribution < 1.29 is 14.1 Å². The van der Waals surface area contributed by atoms with Gasteiger partial charge in [-0.25, -0.2) is 0 Å². The van der Waals surface area contributed by atoms with Gasteiger partial charge in [-0.3, -0.25) is 4.79 Å². The number of benzene rings is 2. The van der Waals surface area contributed by atoms with E-state index >= 15 is 0 Å². The summed E-state index contributed by atoms with van der Waals surface area (Å²) in [6, 6.07) is 20.7. The molecular formula is C29H38BNO3. The van der Waals surface area contributed by atoms with Crippen molar-refractivity contribution in [2.45, 2.75) is 70.9 Å². The first kappa shape index (κ1) is 23.6. The van der Waals surface area contributed by atoms with Crippen LogP contribution in [0.2, 0.25) is 5.82 Å². The molecule has 2 aromatic carbocycles. The highest BCUT2D eigenvalue weighted by Crippen LogP contribution is 2.66. The number of hydrogen-bond donors (Lipinski definition) is 1. The zero-order valence-corrected chi connectivity index (χ0v) is 21.0. The summed E-state index contributed by atoms with van der Waals surface area (Å²) in [5.74, 6) is 1.33. The van der Waals surface area contributed by atoms with Crippen LogP contribution in [0.1, 0.15) is 51.7 Å². The van der Waals surface area contributed by atoms with Crippen molar-refractivity contribution in [3.8, 4) is 0 Å². The van der Waals surface area contributed by atoms with Gasteiger partial charge in [-0.1, -0.05) is 81.4 Å². The summed E-state index contributed by atoms with van der Waals surface area (Å²) in [5.41, 5.74) is 2.52. The minimum Gasteiger partial charge on any atom is -0.405 e. The first-order valence-corrected chi connectivity index (χ1v) is 13.0. The maximum atomic E-state index is 13.0. The van der Waals surface area contributed by atoms with Gasteiger partial charge in [0.2, 0.25) is 5.91 Å². The third kappa shape index (κ3) is 4.33. The van der Waals surface area contributed by atoms with Gasteiger partial charge >= 0.3 is 7.12 Å². The second kappa shape index (κ2) is 9.16. The summed E-state index contributed by atoms with van der Waals surface area (Å²) in [6.07, 6.45) is 4.03. The van der Waals surface area contributed by atoms with E-state index in [9.17, 15) is 4.79 Å². The molecule has 1 aliphatic heterocycles. The van der Waals surface area contributed by atoms with Gasteiger partial charge in [-0.05, 0) is 61.0 Å². The van der Waals surface area contributed by atoms with E-state index in [4.69, 9.17) is 9.31 Å². The molecule has 2 bridgehead atoms. The van der Waals surface area contributed by atoms with Gasteiger partial charge in [0.25, 0.3) is 0 Å². The van der Waals surface area contributed by atoms with Crippen LogP contribution in [0.15, 0.2) is 60.7 Å². The second-order valence-corrected chi connectivity index (χ2v) is 11.6. The molecule has 0 spiro atoms. The van der Waals surface area contributed by atoms with Gasteiger partial charge in [0.1, 0.15) is 0 Å². The van der Waals surface area contributed by atoms with E-state index in [0.717, 1.165) is 25.2 Å². The Balaban J connectivity index is 1.27. The lowest BCUT2D eigenvalue weighted by Gasteiger charge is -2.64. The maximum Gasteiger partial charge on any atom is 0.463 e. The van der Waals surface area contributed by atoms with E-state index in [1.54, 1.807) is 0 Å². The highest BCUT2D eigenvalue weighted by atomic mass is 16.7. The van der Waals surface area contributed by atoms with E-state index in [1.807, 2.05) is 31.2 Å². The average molecular weight is 459 g/mol. The number of carbonyl (C=O) groups excluding carboxylic acids is 1. The molecule has 0 radical (unpaired) electrons. The molecule has 1 N–H and O–H groups in total. The summed E-state index contributed by atoms with van der Waals surface area (Å²) in [4.78, 5) is 13.0. The highest BCUT2D eigenvalue weighted by Gasteiger charge is 2.68. The summed E-state index contributed by atoms with van der Waals surface area (Å²) >= 11 is 0. The predicted octanol–water partition coefficient (Wildman–Crippen LogP) is 5.32. The molecule has 2 aromatic rings. The summed E-state index contributed by atoms with van der Waals surface area (Å²) in [6.45, 7) is 9.60. The number of hydrogen-bond acceptors (Lipinski definition) is 3. The molecule has 0 aromatic heterocycles. The molecule has 6 rings (SSSR count). The minimum atomic E-state index is -0.296. The molecule has 6 atom stereocenters. The molecule has 4 nitrogen and oxygen atoms in total. The summed E-state index contributed by atoms with van der Waals surface area (Å²) in [7, 11) is -0.296. The third-order valence-electron chi connectivity index (χ3n) is 9.07. The number of carbonyl (C=O) groups is 1. The van der Waals surface area contributed by atoms with E-state index in [-0.39, 0.29) is 36.5 Å². The van der Waals surface area contributed by atoms with Crippen molar-refractivity contribution in [3.05, 3.63) is 71.8 Å². The predicted molar refractivity (Wildman–Crippen MR) is 136 cm³/mol. The van der Waals surface area contributed by atoms with Crippen LogP contribution in [-0.4, -0.2) is 31.3 Å². The molecule has 4 fully saturated rings. The largest absolute Gasteiger partial charge is 0.463 e. The second-order valence-electron chi connectivity index (χ2n) is 11.6. The van der Waals surface area contributed by atoms with Crippen LogP contribution < -0.4 is 5.32 Å². The van der Waals surface area contributed by atoms with E-state index < -0.39 is 0 Å². The lowest BCUT2D eigenvalue weighted by molar-refractivity contribution is -0.199. The van der Waals surface area contributed by atoms with Crippen molar-refractivity contribution in [3.63, 3.8) is 0 Å². The number of rotatable bonds is 8. The van der Waals surface area contributed by atoms with Crippen molar-refractivity contribution in [1.29, 1.82) is 0 Å². The lowest BCUT2D eigenvalue weighted by atomic mass is 9.43. The van der Waals surface area contributed by atoms with Crippen LogP contribution in [0.4, 0.5) is 0 Å². The molecule has 3 saturated carbocycles. The van der Waals surface area contributed by atoms with Crippen LogP contribution in [0.5, 0.6) is 0 Å². The molecule has 180 valence electrons. The van der Waals surface area contributed by atoms with E-state index in [2.05, 4.69) is 62.5 Å². The van der Waals surface area contributed by atoms with Gasteiger partial charge < -0.3 is 14.6 Å². The Hall–Kier alpha value is -2.11. The van der Waals surface area contributed by atoms with E-state index in [0.29, 0.717) is 17.9 Å². The van der Waals surface area contributed by atoms with Crippen molar-refractivity contribution >= 4 is 13.0 Å². The van der Waals surface area contributed by atoms with Gasteiger partial charge in [-0.2, -0.15) is 0 Å². The molecule has 5 heteroatoms. The van der Waals surface area contributed by atoms with Crippen LogP contribution in [0.3, 0.4) is 0 Å². The molecule has 34 heavy (non-hydrogen) atoms. The highest BCUT2D eigenvalue weighted by molar-refractivity contribution is 6.47. The first-order chi connectivity index (χ1) is 16.3. The fourth-order valence-electron chi connectivity index (χ4n) is 6.75. The lowest BCUT2D eigenvalue weighted by Crippen LogP contribution is -2.65. The van der Waals surface area contributed by atoms with Gasteiger partial charge in [0.15, 0.2) is 0 Å². The van der Waals surface area contributed by atoms with Gasteiger partial charge in [0, 0.05) is 18.3 Å². The average Bonchev–Trinajstić information content (AvgIpc) is 3.19. The Labute approximate surface area is 205 Å². The van der Waals surface area contributed by atoms with Crippen molar-refractivity contribution in [2.24, 2.45) is 23.2 Å². The molecule has 3 unspecified atom stereocenters. The Kier molecular flexibility index (Phi) is 6.37. The molecule has 1 amide bonds. The van der Waals surface area contributed by atoms with Crippen molar-refractivity contribution in [1.82, 2.24) is 5.32 Å². The molecule has 4 aliphatic rings. The third-order valence-corrected chi connectivity index (χ3v) is 9.07. The zero-order chi connectivity index (χ0) is 23.9. The Morgan fingerprint density at radius 3 is 2.24 bits per heavy atom. The topological polar surface area (TPSA) is 47.6 Å². The smallest absolute Gasteiger partial charge is 0.405 e. The SMILES string of the molecule is C[C@@H](Cc1ccccc1)C(=O)NC[C@@H](Cc1ccccc1)B1OC2CC3CC(C3(C)C)[C@@]2(C)O1. The Morgan fingerprint density at radius 2 is 1.62 bits per heavy atom. The van der Waals surface area contributed by atoms with Crippen molar-refractivity contribution in [2.75, 3.05) is 6.54 Å². The Morgan fingerprint density at radius 1 is 1.00 bits per heavy atom. The normalized spacial score (nSPS) is 30.7. The quantitative estimate of drug-likeness (QED) is 0.544. The number of amides is 1. The number of nitrogens with one attached hydrogen (secondary N) is 1. The molecular weight excluding hydrogens is 421 g/mol. The van der Waals surface area contributed by atoms with E-state index in [1.165, 1.54) is 17.5 Å². The molecule has 1 heterocycles. The van der Waals surface area contributed by atoms with Crippen LogP contribution in [-0.2, 0) is 26.9 Å². The van der Waals surface area contributed by atoms with Crippen LogP contribution in [0, 0.1) is 23.2 Å². The van der Waals surface area contributed by atoms with Gasteiger partial charge in [0.05, 0.1) is 11.7 Å². The molecule has 3 aliphatic carbocycles. The standard InChI is InChI=1S/C29H38BNO3/c1-20(15-21-11-7-5-8-12-21)27(32)31-19-24(16-22-13-9-6-10-14-22)30-33-26-18-23-17-25(28(23,2)3)29(26,4)34-30/h5-14,20,23-26H,15-19H2,1-4H3,(H,31,32)/t20-,23?,24+,25?,26?,29+/m0/s1. The summed E-state index contributed by atoms with van der Waals surface area (Å²) in [5, 5.41) is 3.23. The first-order valence-electron chi connectivity index (χ1n) is 13.0. The summed E-state index contributed by atoms with van der Waals surface area (Å²) < 4.78 is 13.4. The van der Waals surface area contributed by atoms with Crippen LogP contribution in [0.25, 0.3) is 0 Å². The van der Waals surface area contributed by atoms with Gasteiger partial charge in [-0.15, -0.1) is 0 Å². The molecule has 1 saturated heterocycles. The maximum absolute atomic E-state index is 13.0. The fourth-order valence-corrected chi connectivity index (χ4v) is 6.75. The monoisotopic (exact) mass is 459 g/mol. The van der Waals surface area contributed by atoms with Crippen LogP contribution >= 0.6 is 0 Å². The fraction of sp³-hybridized carbons (Fsp3) is 0.552. The minimum absolute atomic E-state index is 0.0676.